The van der Waals surface area contributed by atoms with Gasteiger partial charge in [-0.25, -0.2) is 15.0 Å². The highest BCUT2D eigenvalue weighted by atomic mass is 19.4. The molecule has 0 saturated carbocycles. The SMILES string of the molecule is CCNC(=NCc1ccc(C)cc1)NCCNc1nccc(C(F)(F)F)n1. The van der Waals surface area contributed by atoms with E-state index in [-0.39, 0.29) is 5.95 Å². The van der Waals surface area contributed by atoms with E-state index in [2.05, 4.69) is 30.9 Å². The van der Waals surface area contributed by atoms with Crippen molar-refractivity contribution in [1.82, 2.24) is 20.6 Å². The number of halogens is 3. The number of nitrogens with zero attached hydrogens (tertiary/aromatic N) is 3. The third-order valence-corrected chi connectivity index (χ3v) is 3.53. The summed E-state index contributed by atoms with van der Waals surface area (Å²) in [5, 5.41) is 9.01. The molecule has 146 valence electrons. The van der Waals surface area contributed by atoms with Gasteiger partial charge < -0.3 is 16.0 Å². The lowest BCUT2D eigenvalue weighted by molar-refractivity contribution is -0.141. The zero-order valence-electron chi connectivity index (χ0n) is 15.3. The highest BCUT2D eigenvalue weighted by molar-refractivity contribution is 5.79. The summed E-state index contributed by atoms with van der Waals surface area (Å²) >= 11 is 0. The topological polar surface area (TPSA) is 74.2 Å². The summed E-state index contributed by atoms with van der Waals surface area (Å²) in [5.74, 6) is 0.568. The second kappa shape index (κ2) is 9.75. The van der Waals surface area contributed by atoms with Gasteiger partial charge in [0.1, 0.15) is 5.69 Å². The fraction of sp³-hybridized carbons (Fsp3) is 0.389. The molecule has 2 rings (SSSR count). The van der Waals surface area contributed by atoms with Gasteiger partial charge in [0.25, 0.3) is 0 Å². The van der Waals surface area contributed by atoms with Gasteiger partial charge >= 0.3 is 6.18 Å². The van der Waals surface area contributed by atoms with Crippen LogP contribution in [0.15, 0.2) is 41.5 Å². The van der Waals surface area contributed by atoms with E-state index in [1.54, 1.807) is 0 Å². The fourth-order valence-corrected chi connectivity index (χ4v) is 2.16. The van der Waals surface area contributed by atoms with Gasteiger partial charge in [0.05, 0.1) is 6.54 Å². The molecular weight excluding hydrogens is 357 g/mol. The number of hydrogen-bond donors (Lipinski definition) is 3. The molecule has 0 unspecified atom stereocenters. The quantitative estimate of drug-likeness (QED) is 0.391. The highest BCUT2D eigenvalue weighted by Gasteiger charge is 2.32. The van der Waals surface area contributed by atoms with Gasteiger partial charge in [0.2, 0.25) is 5.95 Å². The van der Waals surface area contributed by atoms with Gasteiger partial charge in [-0.3, -0.25) is 0 Å². The smallest absolute Gasteiger partial charge is 0.357 e. The van der Waals surface area contributed by atoms with Gasteiger partial charge in [-0.15, -0.1) is 0 Å². The molecular formula is C18H23F3N6. The second-order valence-electron chi connectivity index (χ2n) is 5.80. The Morgan fingerprint density at radius 1 is 1.07 bits per heavy atom. The molecule has 0 aliphatic rings. The summed E-state index contributed by atoms with van der Waals surface area (Å²) in [6.07, 6.45) is -3.41. The molecule has 6 nitrogen and oxygen atoms in total. The molecule has 0 saturated heterocycles. The van der Waals surface area contributed by atoms with Crippen LogP contribution in [0.1, 0.15) is 23.7 Å². The van der Waals surface area contributed by atoms with E-state index in [4.69, 9.17) is 0 Å². The van der Waals surface area contributed by atoms with Crippen molar-refractivity contribution in [3.05, 3.63) is 53.3 Å². The van der Waals surface area contributed by atoms with Crippen molar-refractivity contribution in [3.63, 3.8) is 0 Å². The Hall–Kier alpha value is -2.84. The Morgan fingerprint density at radius 3 is 2.48 bits per heavy atom. The number of alkyl halides is 3. The van der Waals surface area contributed by atoms with E-state index in [0.717, 1.165) is 17.8 Å². The largest absolute Gasteiger partial charge is 0.433 e. The third-order valence-electron chi connectivity index (χ3n) is 3.53. The molecule has 3 N–H and O–H groups in total. The number of aliphatic imine (C=N–C) groups is 1. The van der Waals surface area contributed by atoms with E-state index in [0.29, 0.717) is 32.1 Å². The zero-order chi connectivity index (χ0) is 19.7. The van der Waals surface area contributed by atoms with Crippen molar-refractivity contribution in [2.24, 2.45) is 4.99 Å². The normalized spacial score (nSPS) is 12.0. The van der Waals surface area contributed by atoms with Gasteiger partial charge in [-0.1, -0.05) is 29.8 Å². The summed E-state index contributed by atoms with van der Waals surface area (Å²) < 4.78 is 37.9. The summed E-state index contributed by atoms with van der Waals surface area (Å²) in [7, 11) is 0. The third kappa shape index (κ3) is 7.12. The average molecular weight is 380 g/mol. The monoisotopic (exact) mass is 380 g/mol. The summed E-state index contributed by atoms with van der Waals surface area (Å²) in [6.45, 7) is 6.00. The van der Waals surface area contributed by atoms with Crippen LogP contribution in [0, 0.1) is 6.92 Å². The molecule has 0 aliphatic carbocycles. The number of anilines is 1. The molecule has 0 fully saturated rings. The maximum Gasteiger partial charge on any atom is 0.433 e. The van der Waals surface area contributed by atoms with Crippen molar-refractivity contribution >= 4 is 11.9 Å². The molecule has 1 heterocycles. The van der Waals surface area contributed by atoms with Crippen LogP contribution in [0.3, 0.4) is 0 Å². The molecule has 9 heteroatoms. The molecule has 2 aromatic rings. The van der Waals surface area contributed by atoms with Crippen LogP contribution in [-0.4, -0.2) is 35.6 Å². The average Bonchev–Trinajstić information content (AvgIpc) is 2.64. The van der Waals surface area contributed by atoms with Crippen LogP contribution >= 0.6 is 0 Å². The molecule has 0 amide bonds. The first kappa shape index (κ1) is 20.5. The zero-order valence-corrected chi connectivity index (χ0v) is 15.3. The van der Waals surface area contributed by atoms with Gasteiger partial charge in [-0.2, -0.15) is 13.2 Å². The van der Waals surface area contributed by atoms with Crippen LogP contribution in [0.25, 0.3) is 0 Å². The molecule has 0 aliphatic heterocycles. The van der Waals surface area contributed by atoms with Gasteiger partial charge in [0, 0.05) is 25.8 Å². The van der Waals surface area contributed by atoms with E-state index in [1.807, 2.05) is 38.1 Å². The number of aromatic nitrogens is 2. The lowest BCUT2D eigenvalue weighted by Gasteiger charge is -2.12. The van der Waals surface area contributed by atoms with Crippen LogP contribution in [0.4, 0.5) is 19.1 Å². The number of rotatable bonds is 7. The van der Waals surface area contributed by atoms with Crippen LogP contribution in [-0.2, 0) is 12.7 Å². The minimum absolute atomic E-state index is 0.0618. The Labute approximate surface area is 156 Å². The number of aryl methyl sites for hydroxylation is 1. The first-order valence-electron chi connectivity index (χ1n) is 8.60. The summed E-state index contributed by atoms with van der Waals surface area (Å²) in [4.78, 5) is 11.7. The van der Waals surface area contributed by atoms with Gasteiger partial charge in [0.15, 0.2) is 5.96 Å². The van der Waals surface area contributed by atoms with E-state index >= 15 is 0 Å². The Bertz CT molecular complexity index is 744. The first-order valence-corrected chi connectivity index (χ1v) is 8.60. The molecule has 1 aromatic heterocycles. The molecule has 0 spiro atoms. The molecule has 1 aromatic carbocycles. The number of nitrogens with one attached hydrogen (secondary N) is 3. The molecule has 27 heavy (non-hydrogen) atoms. The van der Waals surface area contributed by atoms with Crippen molar-refractivity contribution in [2.75, 3.05) is 25.0 Å². The predicted molar refractivity (Wildman–Crippen MR) is 99.5 cm³/mol. The van der Waals surface area contributed by atoms with Crippen LogP contribution < -0.4 is 16.0 Å². The van der Waals surface area contributed by atoms with Gasteiger partial charge in [-0.05, 0) is 25.5 Å². The van der Waals surface area contributed by atoms with E-state index < -0.39 is 11.9 Å². The Kier molecular flexibility index (Phi) is 7.39. The minimum atomic E-state index is -4.49. The van der Waals surface area contributed by atoms with Crippen molar-refractivity contribution < 1.29 is 13.2 Å². The lowest BCUT2D eigenvalue weighted by Crippen LogP contribution is -2.39. The van der Waals surface area contributed by atoms with Crippen molar-refractivity contribution in [1.29, 1.82) is 0 Å². The number of guanidine groups is 1. The number of benzene rings is 1. The maximum absolute atomic E-state index is 12.6. The van der Waals surface area contributed by atoms with E-state index in [1.165, 1.54) is 5.56 Å². The summed E-state index contributed by atoms with van der Waals surface area (Å²) in [6, 6.07) is 8.95. The maximum atomic E-state index is 12.6. The van der Waals surface area contributed by atoms with Crippen molar-refractivity contribution in [2.45, 2.75) is 26.6 Å². The minimum Gasteiger partial charge on any atom is -0.357 e. The molecule has 0 radical (unpaired) electrons. The highest BCUT2D eigenvalue weighted by Crippen LogP contribution is 2.27. The lowest BCUT2D eigenvalue weighted by atomic mass is 10.1. The molecule has 0 atom stereocenters. The number of hydrogen-bond acceptors (Lipinski definition) is 4. The fourth-order valence-electron chi connectivity index (χ4n) is 2.16. The van der Waals surface area contributed by atoms with Crippen LogP contribution in [0.2, 0.25) is 0 Å². The first-order chi connectivity index (χ1) is 12.9. The Morgan fingerprint density at radius 2 is 1.81 bits per heavy atom. The molecule has 0 bridgehead atoms. The second-order valence-corrected chi connectivity index (χ2v) is 5.80. The standard InChI is InChI=1S/C18H23F3N6/c1-3-22-16(26-12-14-6-4-13(2)5-7-14)24-10-11-25-17-23-9-8-15(27-17)18(19,20)21/h4-9H,3,10-12H2,1-2H3,(H2,22,24,26)(H,23,25,27). The predicted octanol–water partition coefficient (Wildman–Crippen LogP) is 2.97. The van der Waals surface area contributed by atoms with Crippen molar-refractivity contribution in [3.8, 4) is 0 Å². The van der Waals surface area contributed by atoms with E-state index in [9.17, 15) is 13.2 Å². The summed E-state index contributed by atoms with van der Waals surface area (Å²) in [5.41, 5.74) is 1.31. The Balaban J connectivity index is 1.83. The van der Waals surface area contributed by atoms with Crippen LogP contribution in [0.5, 0.6) is 0 Å².